The summed E-state index contributed by atoms with van der Waals surface area (Å²) < 4.78 is 32.6. The van der Waals surface area contributed by atoms with Crippen molar-refractivity contribution < 1.29 is 27.8 Å². The van der Waals surface area contributed by atoms with Crippen molar-refractivity contribution >= 4 is 16.0 Å². The van der Waals surface area contributed by atoms with Crippen molar-refractivity contribution in [2.75, 3.05) is 0 Å². The van der Waals surface area contributed by atoms with Gasteiger partial charge in [-0.05, 0) is 20.3 Å². The molecule has 1 aromatic rings. The SMILES string of the molecule is Cc1oc(C)c(S(=O)(=O)NC2CC(O)C2(C)C)c1C(=O)O. The van der Waals surface area contributed by atoms with Crippen molar-refractivity contribution in [2.45, 2.75) is 51.2 Å². The molecule has 7 nitrogen and oxygen atoms in total. The molecule has 3 N–H and O–H groups in total. The Morgan fingerprint density at radius 1 is 1.33 bits per heavy atom. The quantitative estimate of drug-likeness (QED) is 0.763. The van der Waals surface area contributed by atoms with Crippen LogP contribution in [0.5, 0.6) is 0 Å². The molecule has 1 heterocycles. The number of aliphatic hydroxyl groups is 1. The molecular formula is C13H19NO6S. The van der Waals surface area contributed by atoms with Gasteiger partial charge >= 0.3 is 5.97 Å². The number of nitrogens with one attached hydrogen (secondary N) is 1. The molecule has 8 heteroatoms. The molecule has 2 unspecified atom stereocenters. The molecule has 21 heavy (non-hydrogen) atoms. The van der Waals surface area contributed by atoms with Crippen molar-refractivity contribution in [1.29, 1.82) is 0 Å². The van der Waals surface area contributed by atoms with E-state index in [9.17, 15) is 23.4 Å². The van der Waals surface area contributed by atoms with Crippen molar-refractivity contribution in [3.8, 4) is 0 Å². The van der Waals surface area contributed by atoms with Gasteiger partial charge in [-0.1, -0.05) is 13.8 Å². The van der Waals surface area contributed by atoms with Crippen LogP contribution in [0.15, 0.2) is 9.31 Å². The van der Waals surface area contributed by atoms with Crippen LogP contribution in [0.25, 0.3) is 0 Å². The van der Waals surface area contributed by atoms with E-state index in [-0.39, 0.29) is 22.0 Å². The average molecular weight is 317 g/mol. The zero-order valence-electron chi connectivity index (χ0n) is 12.3. The van der Waals surface area contributed by atoms with E-state index in [1.165, 1.54) is 13.8 Å². The fraction of sp³-hybridized carbons (Fsp3) is 0.615. The van der Waals surface area contributed by atoms with E-state index in [0.717, 1.165) is 0 Å². The molecule has 118 valence electrons. The van der Waals surface area contributed by atoms with Gasteiger partial charge in [-0.3, -0.25) is 0 Å². The lowest BCUT2D eigenvalue weighted by Gasteiger charge is -2.49. The van der Waals surface area contributed by atoms with Crippen LogP contribution in [-0.4, -0.2) is 36.7 Å². The highest BCUT2D eigenvalue weighted by Gasteiger charge is 2.49. The number of sulfonamides is 1. The maximum atomic E-state index is 12.5. The van der Waals surface area contributed by atoms with Gasteiger partial charge in [0.05, 0.1) is 6.10 Å². The Balaban J connectivity index is 2.40. The second-order valence-electron chi connectivity index (χ2n) is 5.97. The van der Waals surface area contributed by atoms with E-state index in [1.54, 1.807) is 13.8 Å². The summed E-state index contributed by atoms with van der Waals surface area (Å²) in [5.74, 6) is -1.26. The number of aliphatic hydroxyl groups excluding tert-OH is 1. The summed E-state index contributed by atoms with van der Waals surface area (Å²) in [4.78, 5) is 10.9. The molecule has 1 fully saturated rings. The van der Waals surface area contributed by atoms with E-state index in [4.69, 9.17) is 4.42 Å². The minimum Gasteiger partial charge on any atom is -0.478 e. The second kappa shape index (κ2) is 4.82. The van der Waals surface area contributed by atoms with Gasteiger partial charge in [0, 0.05) is 11.5 Å². The normalized spacial score (nSPS) is 24.6. The summed E-state index contributed by atoms with van der Waals surface area (Å²) >= 11 is 0. The molecule has 0 amide bonds. The molecule has 1 aromatic heterocycles. The van der Waals surface area contributed by atoms with Crippen molar-refractivity contribution in [1.82, 2.24) is 4.72 Å². The van der Waals surface area contributed by atoms with Gasteiger partial charge in [0.15, 0.2) is 0 Å². The molecule has 0 bridgehead atoms. The van der Waals surface area contributed by atoms with Gasteiger partial charge in [0.1, 0.15) is 22.0 Å². The first-order valence-corrected chi connectivity index (χ1v) is 8.00. The van der Waals surface area contributed by atoms with Gasteiger partial charge in [0.2, 0.25) is 10.0 Å². The highest BCUT2D eigenvalue weighted by Crippen LogP contribution is 2.41. The second-order valence-corrected chi connectivity index (χ2v) is 7.62. The zero-order valence-corrected chi connectivity index (χ0v) is 13.1. The molecule has 2 atom stereocenters. The summed E-state index contributed by atoms with van der Waals surface area (Å²) in [6.45, 7) is 6.32. The predicted octanol–water partition coefficient (Wildman–Crippen LogP) is 1.03. The third kappa shape index (κ3) is 2.47. The fourth-order valence-corrected chi connectivity index (χ4v) is 4.40. The standard InChI is InChI=1S/C13H19NO6S/c1-6-10(12(16)17)11(7(2)20-6)21(18,19)14-8-5-9(15)13(8,3)4/h8-9,14-15H,5H2,1-4H3,(H,16,17). The van der Waals surface area contributed by atoms with Crippen LogP contribution in [0.3, 0.4) is 0 Å². The Morgan fingerprint density at radius 3 is 2.33 bits per heavy atom. The highest BCUT2D eigenvalue weighted by atomic mass is 32.2. The van der Waals surface area contributed by atoms with Crippen molar-refractivity contribution in [2.24, 2.45) is 5.41 Å². The molecule has 0 saturated heterocycles. The molecule has 1 aliphatic carbocycles. The molecule has 0 spiro atoms. The van der Waals surface area contributed by atoms with Gasteiger partial charge in [-0.2, -0.15) is 0 Å². The number of carboxylic acids is 1. The predicted molar refractivity (Wildman–Crippen MR) is 73.7 cm³/mol. The van der Waals surface area contributed by atoms with Crippen molar-refractivity contribution in [3.05, 3.63) is 17.1 Å². The summed E-state index contributed by atoms with van der Waals surface area (Å²) in [7, 11) is -4.04. The number of furan rings is 1. The summed E-state index contributed by atoms with van der Waals surface area (Å²) in [6, 6.07) is -0.450. The first-order valence-electron chi connectivity index (χ1n) is 6.52. The Labute approximate surface area is 123 Å². The first-order chi connectivity index (χ1) is 9.48. The molecule has 1 saturated carbocycles. The monoisotopic (exact) mass is 317 g/mol. The van der Waals surface area contributed by atoms with E-state index in [2.05, 4.69) is 4.72 Å². The third-order valence-electron chi connectivity index (χ3n) is 4.20. The van der Waals surface area contributed by atoms with E-state index in [0.29, 0.717) is 6.42 Å². The lowest BCUT2D eigenvalue weighted by Crippen LogP contribution is -2.61. The maximum Gasteiger partial charge on any atom is 0.340 e. The minimum absolute atomic E-state index is 0.0371. The number of aryl methyl sites for hydroxylation is 2. The lowest BCUT2D eigenvalue weighted by atomic mass is 9.65. The summed E-state index contributed by atoms with van der Waals surface area (Å²) in [6.07, 6.45) is -0.291. The number of carbonyl (C=O) groups is 1. The largest absolute Gasteiger partial charge is 0.478 e. The average Bonchev–Trinajstić information content (AvgIpc) is 2.64. The summed E-state index contributed by atoms with van der Waals surface area (Å²) in [5.41, 5.74) is -0.943. The minimum atomic E-state index is -4.04. The lowest BCUT2D eigenvalue weighted by molar-refractivity contribution is -0.0645. The van der Waals surface area contributed by atoms with Crippen LogP contribution < -0.4 is 4.72 Å². The third-order valence-corrected chi connectivity index (χ3v) is 5.82. The van der Waals surface area contributed by atoms with Crippen LogP contribution in [-0.2, 0) is 10.0 Å². The van der Waals surface area contributed by atoms with Crippen molar-refractivity contribution in [3.63, 3.8) is 0 Å². The topological polar surface area (TPSA) is 117 Å². The number of hydrogen-bond donors (Lipinski definition) is 3. The Bertz CT molecular complexity index is 688. The van der Waals surface area contributed by atoms with Gasteiger partial charge in [-0.25, -0.2) is 17.9 Å². The molecular weight excluding hydrogens is 298 g/mol. The molecule has 0 aliphatic heterocycles. The van der Waals surface area contributed by atoms with E-state index >= 15 is 0 Å². The molecule has 0 aromatic carbocycles. The zero-order chi connectivity index (χ0) is 16.2. The molecule has 2 rings (SSSR count). The first kappa shape index (κ1) is 16.0. The molecule has 1 aliphatic rings. The Hall–Kier alpha value is -1.38. The summed E-state index contributed by atoms with van der Waals surface area (Å²) in [5, 5.41) is 18.8. The Morgan fingerprint density at radius 2 is 1.90 bits per heavy atom. The maximum absolute atomic E-state index is 12.5. The highest BCUT2D eigenvalue weighted by molar-refractivity contribution is 7.89. The van der Waals surface area contributed by atoms with Gasteiger partial charge in [-0.15, -0.1) is 0 Å². The van der Waals surface area contributed by atoms with Gasteiger partial charge < -0.3 is 14.6 Å². The number of carboxylic acid groups (broad SMARTS) is 1. The fourth-order valence-electron chi connectivity index (χ4n) is 2.58. The van der Waals surface area contributed by atoms with Gasteiger partial charge in [0.25, 0.3) is 0 Å². The van der Waals surface area contributed by atoms with Crippen LogP contribution in [0.2, 0.25) is 0 Å². The molecule has 0 radical (unpaired) electrons. The van der Waals surface area contributed by atoms with Crippen LogP contribution in [0.4, 0.5) is 0 Å². The Kier molecular flexibility index (Phi) is 3.67. The van der Waals surface area contributed by atoms with Crippen LogP contribution >= 0.6 is 0 Å². The number of rotatable bonds is 4. The smallest absolute Gasteiger partial charge is 0.340 e. The number of aromatic carboxylic acids is 1. The van der Waals surface area contributed by atoms with Crippen LogP contribution in [0.1, 0.15) is 42.1 Å². The number of hydrogen-bond acceptors (Lipinski definition) is 5. The van der Waals surface area contributed by atoms with E-state index < -0.39 is 33.6 Å². The van der Waals surface area contributed by atoms with E-state index in [1.807, 2.05) is 0 Å². The van der Waals surface area contributed by atoms with Crippen LogP contribution in [0, 0.1) is 19.3 Å².